The predicted molar refractivity (Wildman–Crippen MR) is 95.5 cm³/mol. The van der Waals surface area contributed by atoms with Crippen LogP contribution in [0.2, 0.25) is 0 Å². The molecule has 22 heavy (non-hydrogen) atoms. The van der Waals surface area contributed by atoms with Gasteiger partial charge in [0, 0.05) is 0 Å². The molecule has 6 rings (SSSR count). The van der Waals surface area contributed by atoms with E-state index in [0.29, 0.717) is 0 Å². The molecule has 0 aromatic heterocycles. The lowest BCUT2D eigenvalue weighted by molar-refractivity contribution is 1.77. The number of benzene rings is 5. The Bertz CT molecular complexity index is 1260. The highest BCUT2D eigenvalue weighted by Crippen LogP contribution is 2.49. The van der Waals surface area contributed by atoms with E-state index in [1.165, 1.54) is 54.2 Å². The highest BCUT2D eigenvalue weighted by Gasteiger charge is 2.21. The van der Waals surface area contributed by atoms with Gasteiger partial charge in [0.15, 0.2) is 0 Å². The lowest BCUT2D eigenvalue weighted by Gasteiger charge is -2.09. The molecule has 0 radical (unpaired) electrons. The Morgan fingerprint density at radius 1 is 0.364 bits per heavy atom. The molecule has 0 spiro atoms. The first kappa shape index (κ1) is 10.8. The SMILES string of the molecule is c1cc2c3c(c1)ccc1c4ccccc4c4cccc-2c4c13. The number of hydrogen-bond donors (Lipinski definition) is 0. The largest absolute Gasteiger partial charge is 0.0616 e. The predicted octanol–water partition coefficient (Wildman–Crippen LogP) is 6.28. The quantitative estimate of drug-likeness (QED) is 0.286. The first-order chi connectivity index (χ1) is 10.9. The van der Waals surface area contributed by atoms with Crippen molar-refractivity contribution in [3.8, 4) is 11.1 Å². The summed E-state index contributed by atoms with van der Waals surface area (Å²) in [5.74, 6) is 0. The second kappa shape index (κ2) is 3.48. The maximum Gasteiger partial charge on any atom is -0.000785 e. The van der Waals surface area contributed by atoms with Gasteiger partial charge in [-0.3, -0.25) is 0 Å². The summed E-state index contributed by atoms with van der Waals surface area (Å²) < 4.78 is 0. The molecule has 1 aliphatic rings. The summed E-state index contributed by atoms with van der Waals surface area (Å²) in [5, 5.41) is 11.1. The Labute approximate surface area is 127 Å². The molecule has 0 bridgehead atoms. The van der Waals surface area contributed by atoms with Gasteiger partial charge in [-0.15, -0.1) is 0 Å². The van der Waals surface area contributed by atoms with Gasteiger partial charge >= 0.3 is 0 Å². The summed E-state index contributed by atoms with van der Waals surface area (Å²) in [6, 6.07) is 26.8. The van der Waals surface area contributed by atoms with E-state index in [1.807, 2.05) is 0 Å². The van der Waals surface area contributed by atoms with Crippen molar-refractivity contribution in [1.29, 1.82) is 0 Å². The van der Waals surface area contributed by atoms with Crippen LogP contribution in [0.1, 0.15) is 0 Å². The third-order valence-electron chi connectivity index (χ3n) is 5.16. The second-order valence-corrected chi connectivity index (χ2v) is 6.17. The van der Waals surface area contributed by atoms with Crippen LogP contribution in [0.15, 0.2) is 72.8 Å². The van der Waals surface area contributed by atoms with Gasteiger partial charge in [0.25, 0.3) is 0 Å². The third kappa shape index (κ3) is 1.05. The molecule has 0 heterocycles. The minimum atomic E-state index is 1.35. The molecule has 0 saturated heterocycles. The van der Waals surface area contributed by atoms with Crippen LogP contribution in [0.5, 0.6) is 0 Å². The van der Waals surface area contributed by atoms with E-state index in [9.17, 15) is 0 Å². The van der Waals surface area contributed by atoms with E-state index in [1.54, 1.807) is 0 Å². The van der Waals surface area contributed by atoms with Crippen LogP contribution >= 0.6 is 0 Å². The zero-order valence-electron chi connectivity index (χ0n) is 11.9. The molecule has 0 fully saturated rings. The Morgan fingerprint density at radius 2 is 1.00 bits per heavy atom. The van der Waals surface area contributed by atoms with Crippen molar-refractivity contribution in [3.63, 3.8) is 0 Å². The standard InChI is InChI=1S/C22H12/c1-2-7-15-14(6-1)16-9-4-10-18-17-8-3-5-13-11-12-19(15)22(20(13)17)21(16)18/h1-12H. The van der Waals surface area contributed by atoms with Crippen molar-refractivity contribution in [2.24, 2.45) is 0 Å². The molecule has 1 aliphatic carbocycles. The van der Waals surface area contributed by atoms with E-state index in [2.05, 4.69) is 72.8 Å². The minimum Gasteiger partial charge on any atom is -0.0616 e. The monoisotopic (exact) mass is 276 g/mol. The Balaban J connectivity index is 2.15. The van der Waals surface area contributed by atoms with Crippen LogP contribution in [0.3, 0.4) is 0 Å². The molecule has 100 valence electrons. The molecule has 0 aliphatic heterocycles. The molecule has 0 heteroatoms. The van der Waals surface area contributed by atoms with Crippen molar-refractivity contribution in [2.75, 3.05) is 0 Å². The zero-order chi connectivity index (χ0) is 14.3. The maximum absolute atomic E-state index is 2.30. The van der Waals surface area contributed by atoms with Crippen LogP contribution in [0.4, 0.5) is 0 Å². The average molecular weight is 276 g/mol. The smallest absolute Gasteiger partial charge is 0.000785 e. The van der Waals surface area contributed by atoms with Crippen molar-refractivity contribution >= 4 is 43.1 Å². The fourth-order valence-corrected chi connectivity index (χ4v) is 4.31. The van der Waals surface area contributed by atoms with Crippen LogP contribution in [0, 0.1) is 0 Å². The Hall–Kier alpha value is -2.86. The molecule has 0 saturated carbocycles. The highest BCUT2D eigenvalue weighted by molar-refractivity contribution is 6.39. The van der Waals surface area contributed by atoms with E-state index >= 15 is 0 Å². The molecule has 0 amide bonds. The highest BCUT2D eigenvalue weighted by atomic mass is 14.2. The first-order valence-corrected chi connectivity index (χ1v) is 7.73. The van der Waals surface area contributed by atoms with Gasteiger partial charge in [-0.05, 0) is 54.2 Å². The molecular formula is C22H12. The Morgan fingerprint density at radius 3 is 1.82 bits per heavy atom. The molecule has 0 N–H and O–H groups in total. The van der Waals surface area contributed by atoms with E-state index < -0.39 is 0 Å². The number of hydrogen-bond acceptors (Lipinski definition) is 0. The molecule has 0 atom stereocenters. The van der Waals surface area contributed by atoms with E-state index in [-0.39, 0.29) is 0 Å². The third-order valence-corrected chi connectivity index (χ3v) is 5.16. The van der Waals surface area contributed by atoms with Crippen molar-refractivity contribution in [2.45, 2.75) is 0 Å². The van der Waals surface area contributed by atoms with Crippen molar-refractivity contribution < 1.29 is 0 Å². The maximum atomic E-state index is 2.30. The van der Waals surface area contributed by atoms with Gasteiger partial charge in [0.1, 0.15) is 0 Å². The van der Waals surface area contributed by atoms with Crippen LogP contribution in [-0.2, 0) is 0 Å². The van der Waals surface area contributed by atoms with E-state index in [0.717, 1.165) is 0 Å². The molecule has 5 aromatic rings. The average Bonchev–Trinajstić information content (AvgIpc) is 2.93. The fourth-order valence-electron chi connectivity index (χ4n) is 4.31. The zero-order valence-corrected chi connectivity index (χ0v) is 11.9. The molecule has 5 aromatic carbocycles. The molecule has 0 unspecified atom stereocenters. The van der Waals surface area contributed by atoms with Gasteiger partial charge in [0.2, 0.25) is 0 Å². The summed E-state index contributed by atoms with van der Waals surface area (Å²) in [7, 11) is 0. The number of fused-ring (bicyclic) bond motifs is 4. The lowest BCUT2D eigenvalue weighted by Crippen LogP contribution is -1.81. The first-order valence-electron chi connectivity index (χ1n) is 7.73. The molecular weight excluding hydrogens is 264 g/mol. The van der Waals surface area contributed by atoms with Crippen molar-refractivity contribution in [3.05, 3.63) is 72.8 Å². The van der Waals surface area contributed by atoms with Gasteiger partial charge < -0.3 is 0 Å². The summed E-state index contributed by atoms with van der Waals surface area (Å²) in [6.07, 6.45) is 0. The second-order valence-electron chi connectivity index (χ2n) is 6.17. The summed E-state index contributed by atoms with van der Waals surface area (Å²) >= 11 is 0. The summed E-state index contributed by atoms with van der Waals surface area (Å²) in [4.78, 5) is 0. The summed E-state index contributed by atoms with van der Waals surface area (Å²) in [6.45, 7) is 0. The number of rotatable bonds is 0. The minimum absolute atomic E-state index is 1.35. The lowest BCUT2D eigenvalue weighted by atomic mass is 9.94. The van der Waals surface area contributed by atoms with Gasteiger partial charge in [-0.1, -0.05) is 72.8 Å². The van der Waals surface area contributed by atoms with Crippen LogP contribution in [0.25, 0.3) is 54.2 Å². The van der Waals surface area contributed by atoms with Crippen LogP contribution < -0.4 is 0 Å². The fraction of sp³-hybridized carbons (Fsp3) is 0. The summed E-state index contributed by atoms with van der Waals surface area (Å²) in [5.41, 5.74) is 2.78. The van der Waals surface area contributed by atoms with Gasteiger partial charge in [-0.2, -0.15) is 0 Å². The van der Waals surface area contributed by atoms with E-state index in [4.69, 9.17) is 0 Å². The van der Waals surface area contributed by atoms with Gasteiger partial charge in [-0.25, -0.2) is 0 Å². The Kier molecular flexibility index (Phi) is 1.71. The topological polar surface area (TPSA) is 0 Å². The normalized spacial score (nSPS) is 12.5. The van der Waals surface area contributed by atoms with Crippen LogP contribution in [-0.4, -0.2) is 0 Å². The van der Waals surface area contributed by atoms with Gasteiger partial charge in [0.05, 0.1) is 0 Å². The van der Waals surface area contributed by atoms with Crippen molar-refractivity contribution in [1.82, 2.24) is 0 Å². The molecule has 0 nitrogen and oxygen atoms in total.